The molecule has 1 N–H and O–H groups in total. The van der Waals surface area contributed by atoms with E-state index in [4.69, 9.17) is 9.84 Å². The first-order valence-corrected chi connectivity index (χ1v) is 12.6. The van der Waals surface area contributed by atoms with Gasteiger partial charge in [0.2, 0.25) is 5.91 Å². The number of benzene rings is 2. The molecule has 8 nitrogen and oxygen atoms in total. The van der Waals surface area contributed by atoms with Gasteiger partial charge in [-0.1, -0.05) is 42.5 Å². The van der Waals surface area contributed by atoms with Crippen molar-refractivity contribution < 1.29 is 14.3 Å². The van der Waals surface area contributed by atoms with Gasteiger partial charge in [-0.3, -0.25) is 19.2 Å². The Balaban J connectivity index is 1.40. The van der Waals surface area contributed by atoms with E-state index in [1.54, 1.807) is 12.0 Å². The van der Waals surface area contributed by atoms with E-state index >= 15 is 0 Å². The standard InChI is InChI=1S/C28H33N5O3/c1-36-23-9-5-8-22(18-23)19-31-14-11-25-24(20-31)27(28(35)32-15-12-26(34)29-13-17-32)30-33(25)16-10-21-6-3-2-4-7-21/h2-9,18H,10-17,19-20H2,1H3,(H,29,34). The number of hydrogen-bond donors (Lipinski definition) is 1. The van der Waals surface area contributed by atoms with Crippen LogP contribution in [0.5, 0.6) is 5.75 Å². The minimum absolute atomic E-state index is 0.00909. The highest BCUT2D eigenvalue weighted by Gasteiger charge is 2.31. The Morgan fingerprint density at radius 2 is 1.86 bits per heavy atom. The molecule has 1 aromatic heterocycles. The van der Waals surface area contributed by atoms with Crippen LogP contribution in [0.1, 0.15) is 39.3 Å². The van der Waals surface area contributed by atoms with Crippen LogP contribution in [0.3, 0.4) is 0 Å². The van der Waals surface area contributed by atoms with E-state index in [2.05, 4.69) is 34.5 Å². The van der Waals surface area contributed by atoms with E-state index in [0.29, 0.717) is 38.3 Å². The molecule has 2 amide bonds. The Kier molecular flexibility index (Phi) is 7.32. The summed E-state index contributed by atoms with van der Waals surface area (Å²) in [6.45, 7) is 4.48. The van der Waals surface area contributed by atoms with Gasteiger partial charge in [0.15, 0.2) is 5.69 Å². The number of methoxy groups -OCH3 is 1. The van der Waals surface area contributed by atoms with E-state index in [9.17, 15) is 9.59 Å². The summed E-state index contributed by atoms with van der Waals surface area (Å²) in [4.78, 5) is 29.6. The fraction of sp³-hybridized carbons (Fsp3) is 0.393. The van der Waals surface area contributed by atoms with Crippen LogP contribution in [0.25, 0.3) is 0 Å². The molecule has 0 spiro atoms. The summed E-state index contributed by atoms with van der Waals surface area (Å²) >= 11 is 0. The quantitative estimate of drug-likeness (QED) is 0.554. The van der Waals surface area contributed by atoms with Crippen molar-refractivity contribution in [3.05, 3.63) is 82.7 Å². The minimum atomic E-state index is -0.0792. The van der Waals surface area contributed by atoms with Crippen LogP contribution >= 0.6 is 0 Å². The van der Waals surface area contributed by atoms with E-state index in [-0.39, 0.29) is 11.8 Å². The van der Waals surface area contributed by atoms with Crippen molar-refractivity contribution in [3.63, 3.8) is 0 Å². The smallest absolute Gasteiger partial charge is 0.274 e. The van der Waals surface area contributed by atoms with Crippen LogP contribution in [0.2, 0.25) is 0 Å². The van der Waals surface area contributed by atoms with Gasteiger partial charge in [0.05, 0.1) is 7.11 Å². The number of carbonyl (C=O) groups excluding carboxylic acids is 2. The van der Waals surface area contributed by atoms with Gasteiger partial charge in [-0.05, 0) is 29.7 Å². The summed E-state index contributed by atoms with van der Waals surface area (Å²) in [5.74, 6) is 0.758. The molecule has 8 heteroatoms. The van der Waals surface area contributed by atoms with Crippen molar-refractivity contribution in [2.45, 2.75) is 38.9 Å². The maximum absolute atomic E-state index is 13.6. The molecule has 1 fully saturated rings. The number of carbonyl (C=O) groups is 2. The molecule has 36 heavy (non-hydrogen) atoms. The molecule has 3 aromatic rings. The lowest BCUT2D eigenvalue weighted by atomic mass is 10.0. The number of fused-ring (bicyclic) bond motifs is 1. The molecule has 0 atom stereocenters. The number of amides is 2. The zero-order chi connectivity index (χ0) is 24.9. The second-order valence-corrected chi connectivity index (χ2v) is 9.44. The maximum atomic E-state index is 13.6. The highest BCUT2D eigenvalue weighted by molar-refractivity contribution is 5.94. The van der Waals surface area contributed by atoms with Crippen molar-refractivity contribution in [1.82, 2.24) is 24.9 Å². The lowest BCUT2D eigenvalue weighted by Gasteiger charge is -2.28. The second kappa shape index (κ2) is 11.0. The molecule has 0 saturated carbocycles. The van der Waals surface area contributed by atoms with Crippen LogP contribution in [-0.4, -0.2) is 64.7 Å². The largest absolute Gasteiger partial charge is 0.497 e. The van der Waals surface area contributed by atoms with Crippen molar-refractivity contribution >= 4 is 11.8 Å². The third kappa shape index (κ3) is 5.44. The SMILES string of the molecule is COc1cccc(CN2CCc3c(c(C(=O)N4CCNC(=O)CC4)nn3CCc3ccccc3)C2)c1. The molecule has 0 unspecified atom stereocenters. The van der Waals surface area contributed by atoms with E-state index in [1.807, 2.05) is 35.0 Å². The summed E-state index contributed by atoms with van der Waals surface area (Å²) in [7, 11) is 1.68. The van der Waals surface area contributed by atoms with Crippen LogP contribution in [0, 0.1) is 0 Å². The van der Waals surface area contributed by atoms with Gasteiger partial charge >= 0.3 is 0 Å². The van der Waals surface area contributed by atoms with Crippen LogP contribution in [-0.2, 0) is 37.3 Å². The normalized spacial score (nSPS) is 16.2. The van der Waals surface area contributed by atoms with E-state index in [0.717, 1.165) is 49.5 Å². The van der Waals surface area contributed by atoms with Gasteiger partial charge in [0.1, 0.15) is 5.75 Å². The molecule has 0 radical (unpaired) electrons. The van der Waals surface area contributed by atoms with E-state index < -0.39 is 0 Å². The lowest BCUT2D eigenvalue weighted by molar-refractivity contribution is -0.120. The number of nitrogens with zero attached hydrogens (tertiary/aromatic N) is 4. The van der Waals surface area contributed by atoms with Crippen molar-refractivity contribution in [1.29, 1.82) is 0 Å². The first-order valence-electron chi connectivity index (χ1n) is 12.6. The Labute approximate surface area is 211 Å². The Hall–Kier alpha value is -3.65. The zero-order valence-corrected chi connectivity index (χ0v) is 20.8. The van der Waals surface area contributed by atoms with Gasteiger partial charge in [-0.15, -0.1) is 0 Å². The monoisotopic (exact) mass is 487 g/mol. The fourth-order valence-electron chi connectivity index (χ4n) is 5.07. The summed E-state index contributed by atoms with van der Waals surface area (Å²) in [5, 5.41) is 7.73. The number of ether oxygens (including phenoxy) is 1. The number of rotatable bonds is 7. The molecule has 2 aliphatic heterocycles. The number of nitrogens with one attached hydrogen (secondary N) is 1. The Bertz CT molecular complexity index is 1220. The molecule has 0 aliphatic carbocycles. The third-order valence-electron chi connectivity index (χ3n) is 7.01. The van der Waals surface area contributed by atoms with Gasteiger partial charge in [-0.25, -0.2) is 0 Å². The van der Waals surface area contributed by atoms with Crippen LogP contribution < -0.4 is 10.1 Å². The predicted molar refractivity (Wildman–Crippen MR) is 137 cm³/mol. The number of aromatic nitrogens is 2. The molecule has 0 bridgehead atoms. The summed E-state index contributed by atoms with van der Waals surface area (Å²) in [5.41, 5.74) is 5.13. The highest BCUT2D eigenvalue weighted by Crippen LogP contribution is 2.26. The topological polar surface area (TPSA) is 79.7 Å². The predicted octanol–water partition coefficient (Wildman–Crippen LogP) is 2.65. The molecule has 2 aliphatic rings. The van der Waals surface area contributed by atoms with Gasteiger partial charge < -0.3 is 15.0 Å². The highest BCUT2D eigenvalue weighted by atomic mass is 16.5. The first-order chi connectivity index (χ1) is 17.6. The lowest BCUT2D eigenvalue weighted by Crippen LogP contribution is -2.36. The zero-order valence-electron chi connectivity index (χ0n) is 20.8. The molecule has 1 saturated heterocycles. The van der Waals surface area contributed by atoms with Crippen molar-refractivity contribution in [2.75, 3.05) is 33.3 Å². The Morgan fingerprint density at radius 3 is 2.69 bits per heavy atom. The minimum Gasteiger partial charge on any atom is -0.497 e. The van der Waals surface area contributed by atoms with E-state index in [1.165, 1.54) is 11.1 Å². The molecular weight excluding hydrogens is 454 g/mol. The maximum Gasteiger partial charge on any atom is 0.274 e. The first kappa shape index (κ1) is 24.1. The molecule has 2 aromatic carbocycles. The number of aryl methyl sites for hydroxylation is 2. The second-order valence-electron chi connectivity index (χ2n) is 9.44. The summed E-state index contributed by atoms with van der Waals surface area (Å²) < 4.78 is 7.43. The third-order valence-corrected chi connectivity index (χ3v) is 7.01. The summed E-state index contributed by atoms with van der Waals surface area (Å²) in [6.07, 6.45) is 2.03. The van der Waals surface area contributed by atoms with Crippen molar-refractivity contribution in [2.24, 2.45) is 0 Å². The molecule has 3 heterocycles. The van der Waals surface area contributed by atoms with Crippen LogP contribution in [0.15, 0.2) is 54.6 Å². The Morgan fingerprint density at radius 1 is 1.03 bits per heavy atom. The molecular formula is C28H33N5O3. The summed E-state index contributed by atoms with van der Waals surface area (Å²) in [6, 6.07) is 18.5. The average molecular weight is 488 g/mol. The fourth-order valence-corrected chi connectivity index (χ4v) is 5.07. The van der Waals surface area contributed by atoms with Gasteiger partial charge in [0.25, 0.3) is 5.91 Å². The molecule has 5 rings (SSSR count). The van der Waals surface area contributed by atoms with Crippen LogP contribution in [0.4, 0.5) is 0 Å². The van der Waals surface area contributed by atoms with Gasteiger partial charge in [-0.2, -0.15) is 5.10 Å². The number of hydrogen-bond acceptors (Lipinski definition) is 5. The average Bonchev–Trinajstić information content (AvgIpc) is 3.12. The van der Waals surface area contributed by atoms with Crippen molar-refractivity contribution in [3.8, 4) is 5.75 Å². The van der Waals surface area contributed by atoms with Gasteiger partial charge in [0, 0.05) is 69.9 Å². The molecule has 188 valence electrons.